The molecule has 19 heavy (non-hydrogen) atoms. The lowest BCUT2D eigenvalue weighted by Gasteiger charge is -2.13. The molecule has 4 nitrogen and oxygen atoms in total. The molecule has 4 heteroatoms. The highest BCUT2D eigenvalue weighted by atomic mass is 16.5. The number of hydrogen-bond donors (Lipinski definition) is 1. The van der Waals surface area contributed by atoms with Gasteiger partial charge in [0.25, 0.3) is 0 Å². The van der Waals surface area contributed by atoms with Crippen molar-refractivity contribution in [1.29, 1.82) is 0 Å². The van der Waals surface area contributed by atoms with Crippen molar-refractivity contribution in [3.05, 3.63) is 18.2 Å². The lowest BCUT2D eigenvalue weighted by Crippen LogP contribution is -2.15. The van der Waals surface area contributed by atoms with Crippen molar-refractivity contribution in [2.45, 2.75) is 27.2 Å². The normalized spacial score (nSPS) is 20.8. The van der Waals surface area contributed by atoms with Gasteiger partial charge in [-0.2, -0.15) is 0 Å². The molecule has 1 amide bonds. The lowest BCUT2D eigenvalue weighted by molar-refractivity contribution is -0.117. The minimum atomic E-state index is 0.0714. The predicted octanol–water partition coefficient (Wildman–Crippen LogP) is 3.08. The van der Waals surface area contributed by atoms with E-state index in [1.807, 2.05) is 32.0 Å². The largest absolute Gasteiger partial charge is 0.494 e. The fourth-order valence-corrected chi connectivity index (χ4v) is 2.06. The molecule has 1 aromatic rings. The fraction of sp³-hybridized carbons (Fsp3) is 0.533. The molecule has 0 spiro atoms. The zero-order valence-corrected chi connectivity index (χ0v) is 11.7. The molecule has 1 aliphatic carbocycles. The smallest absolute Gasteiger partial charge is 0.227 e. The van der Waals surface area contributed by atoms with Gasteiger partial charge in [-0.1, -0.05) is 6.92 Å². The van der Waals surface area contributed by atoms with E-state index < -0.39 is 0 Å². The topological polar surface area (TPSA) is 47.6 Å². The number of rotatable bonds is 6. The van der Waals surface area contributed by atoms with Crippen molar-refractivity contribution >= 4 is 11.6 Å². The number of amides is 1. The molecule has 2 atom stereocenters. The molecular weight excluding hydrogens is 242 g/mol. The molecule has 0 aliphatic heterocycles. The van der Waals surface area contributed by atoms with E-state index in [-0.39, 0.29) is 11.8 Å². The van der Waals surface area contributed by atoms with Gasteiger partial charge < -0.3 is 14.8 Å². The van der Waals surface area contributed by atoms with Gasteiger partial charge in [-0.3, -0.25) is 4.79 Å². The van der Waals surface area contributed by atoms with E-state index in [0.717, 1.165) is 12.2 Å². The lowest BCUT2D eigenvalue weighted by atomic mass is 10.2. The highest BCUT2D eigenvalue weighted by molar-refractivity contribution is 5.95. The maximum Gasteiger partial charge on any atom is 0.227 e. The van der Waals surface area contributed by atoms with Crippen LogP contribution in [-0.4, -0.2) is 19.1 Å². The SMILES string of the molecule is CCOc1ccc(OCC)c(NC(=O)[C@@H]2C[C@H]2C)c1. The van der Waals surface area contributed by atoms with E-state index in [4.69, 9.17) is 9.47 Å². The fourth-order valence-electron chi connectivity index (χ4n) is 2.06. The van der Waals surface area contributed by atoms with Gasteiger partial charge in [0.1, 0.15) is 11.5 Å². The second-order valence-corrected chi connectivity index (χ2v) is 4.83. The molecule has 0 aromatic heterocycles. The number of carbonyl (C=O) groups is 1. The van der Waals surface area contributed by atoms with Crippen LogP contribution in [0.4, 0.5) is 5.69 Å². The molecule has 1 fully saturated rings. The minimum absolute atomic E-state index is 0.0714. The van der Waals surface area contributed by atoms with Gasteiger partial charge >= 0.3 is 0 Å². The van der Waals surface area contributed by atoms with Gasteiger partial charge in [0.2, 0.25) is 5.91 Å². The molecule has 2 rings (SSSR count). The van der Waals surface area contributed by atoms with Crippen molar-refractivity contribution in [1.82, 2.24) is 0 Å². The summed E-state index contributed by atoms with van der Waals surface area (Å²) in [5.41, 5.74) is 0.692. The van der Waals surface area contributed by atoms with Crippen LogP contribution >= 0.6 is 0 Å². The Hall–Kier alpha value is -1.71. The van der Waals surface area contributed by atoms with E-state index in [2.05, 4.69) is 12.2 Å². The number of nitrogens with one attached hydrogen (secondary N) is 1. The average Bonchev–Trinajstić information content (AvgIpc) is 3.10. The summed E-state index contributed by atoms with van der Waals surface area (Å²) in [5, 5.41) is 2.94. The van der Waals surface area contributed by atoms with Gasteiger partial charge in [-0.25, -0.2) is 0 Å². The Balaban J connectivity index is 2.14. The first-order valence-corrected chi connectivity index (χ1v) is 6.86. The van der Waals surface area contributed by atoms with Gasteiger partial charge in [-0.05, 0) is 38.3 Å². The first-order valence-electron chi connectivity index (χ1n) is 6.86. The van der Waals surface area contributed by atoms with Crippen LogP contribution in [0.5, 0.6) is 11.5 Å². The van der Waals surface area contributed by atoms with Gasteiger partial charge in [-0.15, -0.1) is 0 Å². The Kier molecular flexibility index (Phi) is 4.30. The van der Waals surface area contributed by atoms with Crippen LogP contribution in [-0.2, 0) is 4.79 Å². The quantitative estimate of drug-likeness (QED) is 0.858. The van der Waals surface area contributed by atoms with Crippen LogP contribution in [0.2, 0.25) is 0 Å². The summed E-state index contributed by atoms with van der Waals surface area (Å²) >= 11 is 0. The molecule has 0 heterocycles. The summed E-state index contributed by atoms with van der Waals surface area (Å²) in [7, 11) is 0. The Bertz CT molecular complexity index is 459. The Labute approximate surface area is 114 Å². The van der Waals surface area contributed by atoms with Gasteiger partial charge in [0.15, 0.2) is 0 Å². The molecule has 0 radical (unpaired) electrons. The molecule has 0 unspecified atom stereocenters. The third-order valence-corrected chi connectivity index (χ3v) is 3.27. The number of carbonyl (C=O) groups excluding carboxylic acids is 1. The number of anilines is 1. The first-order chi connectivity index (χ1) is 9.15. The van der Waals surface area contributed by atoms with Crippen LogP contribution in [0.3, 0.4) is 0 Å². The number of ether oxygens (including phenoxy) is 2. The summed E-state index contributed by atoms with van der Waals surface area (Å²) in [4.78, 5) is 12.0. The van der Waals surface area contributed by atoms with Gasteiger partial charge in [0.05, 0.1) is 18.9 Å². The zero-order valence-electron chi connectivity index (χ0n) is 11.7. The third kappa shape index (κ3) is 3.40. The molecule has 0 bridgehead atoms. The van der Waals surface area contributed by atoms with E-state index in [9.17, 15) is 4.79 Å². The Morgan fingerprint density at radius 1 is 1.32 bits per heavy atom. The van der Waals surface area contributed by atoms with Gasteiger partial charge in [0, 0.05) is 12.0 Å². The van der Waals surface area contributed by atoms with Crippen molar-refractivity contribution in [2.24, 2.45) is 11.8 Å². The molecule has 0 saturated heterocycles. The van der Waals surface area contributed by atoms with Crippen molar-refractivity contribution in [2.75, 3.05) is 18.5 Å². The van der Waals surface area contributed by atoms with E-state index in [1.165, 1.54) is 0 Å². The Morgan fingerprint density at radius 3 is 2.58 bits per heavy atom. The first kappa shape index (κ1) is 13.7. The number of hydrogen-bond acceptors (Lipinski definition) is 3. The average molecular weight is 263 g/mol. The van der Waals surface area contributed by atoms with E-state index in [0.29, 0.717) is 30.6 Å². The highest BCUT2D eigenvalue weighted by Crippen LogP contribution is 2.39. The third-order valence-electron chi connectivity index (χ3n) is 3.27. The van der Waals surface area contributed by atoms with E-state index >= 15 is 0 Å². The molecule has 1 aromatic carbocycles. The van der Waals surface area contributed by atoms with Crippen LogP contribution in [0.15, 0.2) is 18.2 Å². The maximum absolute atomic E-state index is 12.0. The maximum atomic E-state index is 12.0. The second kappa shape index (κ2) is 5.95. The van der Waals surface area contributed by atoms with E-state index in [1.54, 1.807) is 0 Å². The van der Waals surface area contributed by atoms with Crippen molar-refractivity contribution in [3.8, 4) is 11.5 Å². The van der Waals surface area contributed by atoms with Crippen LogP contribution in [0.25, 0.3) is 0 Å². The standard InChI is InChI=1S/C15H21NO3/c1-4-18-11-6-7-14(19-5-2)13(9-11)16-15(17)12-8-10(12)3/h6-7,9-10,12H,4-5,8H2,1-3H3,(H,16,17)/t10-,12-/m1/s1. The monoisotopic (exact) mass is 263 g/mol. The molecule has 1 saturated carbocycles. The summed E-state index contributed by atoms with van der Waals surface area (Å²) in [6.45, 7) is 7.10. The summed E-state index contributed by atoms with van der Waals surface area (Å²) < 4.78 is 11.0. The predicted molar refractivity (Wildman–Crippen MR) is 74.7 cm³/mol. The highest BCUT2D eigenvalue weighted by Gasteiger charge is 2.39. The second-order valence-electron chi connectivity index (χ2n) is 4.83. The molecule has 104 valence electrons. The molecule has 1 aliphatic rings. The Morgan fingerprint density at radius 2 is 2.00 bits per heavy atom. The van der Waals surface area contributed by atoms with Crippen molar-refractivity contribution < 1.29 is 14.3 Å². The molecule has 1 N–H and O–H groups in total. The van der Waals surface area contributed by atoms with Crippen LogP contribution < -0.4 is 14.8 Å². The molecular formula is C15H21NO3. The van der Waals surface area contributed by atoms with Crippen LogP contribution in [0, 0.1) is 11.8 Å². The minimum Gasteiger partial charge on any atom is -0.494 e. The summed E-state index contributed by atoms with van der Waals surface area (Å²) in [6.07, 6.45) is 0.973. The van der Waals surface area contributed by atoms with Crippen molar-refractivity contribution in [3.63, 3.8) is 0 Å². The number of benzene rings is 1. The summed E-state index contributed by atoms with van der Waals surface area (Å²) in [5.74, 6) is 2.13. The summed E-state index contributed by atoms with van der Waals surface area (Å²) in [6, 6.07) is 5.50. The zero-order chi connectivity index (χ0) is 13.8. The van der Waals surface area contributed by atoms with Crippen LogP contribution in [0.1, 0.15) is 27.2 Å².